The first-order chi connectivity index (χ1) is 10.1. The molecule has 0 aliphatic heterocycles. The molecule has 0 aromatic heterocycles. The van der Waals surface area contributed by atoms with E-state index in [0.717, 1.165) is 0 Å². The maximum absolute atomic E-state index is 9.86. The maximum Gasteiger partial charge on any atom is 0.251 e. The fraction of sp³-hybridized carbons (Fsp3) is 0.294. The van der Waals surface area contributed by atoms with Gasteiger partial charge < -0.3 is 19.7 Å². The molecule has 0 amide bonds. The van der Waals surface area contributed by atoms with E-state index in [1.807, 2.05) is 13.8 Å². The van der Waals surface area contributed by atoms with Crippen LogP contribution in [0.2, 0.25) is 0 Å². The molecule has 2 N–H and O–H groups in total. The van der Waals surface area contributed by atoms with E-state index in [1.54, 1.807) is 48.5 Å². The molecular weight excluding hydrogens is 268 g/mol. The Morgan fingerprint density at radius 1 is 0.762 bits per heavy atom. The maximum atomic E-state index is 9.86. The first-order valence-electron chi connectivity index (χ1n) is 7.04. The van der Waals surface area contributed by atoms with Crippen LogP contribution in [0, 0.1) is 0 Å². The lowest BCUT2D eigenvalue weighted by Gasteiger charge is -2.33. The second-order valence-corrected chi connectivity index (χ2v) is 4.76. The molecule has 0 aliphatic rings. The highest BCUT2D eigenvalue weighted by atomic mass is 16.7. The zero-order chi connectivity index (χ0) is 15.3. The van der Waals surface area contributed by atoms with Crippen molar-refractivity contribution in [2.45, 2.75) is 32.5 Å². The summed E-state index contributed by atoms with van der Waals surface area (Å²) in [5.41, 5.74) is 0. The van der Waals surface area contributed by atoms with Crippen molar-refractivity contribution in [1.82, 2.24) is 0 Å². The fourth-order valence-corrected chi connectivity index (χ4v) is 2.05. The number of ether oxygens (including phenoxy) is 2. The summed E-state index contributed by atoms with van der Waals surface area (Å²) in [5.74, 6) is -0.111. The van der Waals surface area contributed by atoms with E-state index in [0.29, 0.717) is 24.3 Å². The van der Waals surface area contributed by atoms with Crippen LogP contribution in [0.15, 0.2) is 48.5 Å². The molecule has 4 nitrogen and oxygen atoms in total. The van der Waals surface area contributed by atoms with E-state index in [4.69, 9.17) is 9.47 Å². The Morgan fingerprint density at radius 3 is 1.48 bits per heavy atom. The highest BCUT2D eigenvalue weighted by molar-refractivity contribution is 5.40. The van der Waals surface area contributed by atoms with Gasteiger partial charge in [-0.2, -0.15) is 0 Å². The number of benzene rings is 2. The molecule has 2 aromatic carbocycles. The highest BCUT2D eigenvalue weighted by Crippen LogP contribution is 2.35. The average Bonchev–Trinajstić information content (AvgIpc) is 2.51. The number of hydrogen-bond donors (Lipinski definition) is 2. The van der Waals surface area contributed by atoms with Gasteiger partial charge in [0.05, 0.1) is 0 Å². The summed E-state index contributed by atoms with van der Waals surface area (Å²) in [6, 6.07) is 13.5. The summed E-state index contributed by atoms with van der Waals surface area (Å²) in [4.78, 5) is 0. The predicted molar refractivity (Wildman–Crippen MR) is 80.8 cm³/mol. The predicted octanol–water partition coefficient (Wildman–Crippen LogP) is 4.07. The zero-order valence-electron chi connectivity index (χ0n) is 12.2. The standard InChI is InChI=1S/C17H20O4/c1-3-17(4-2,20-15-11-7-5-9-13(15)18)21-16-12-8-6-10-14(16)19/h5-12,18-19H,3-4H2,1-2H3. The Balaban J connectivity index is 2.28. The summed E-state index contributed by atoms with van der Waals surface area (Å²) in [6.07, 6.45) is 1.12. The molecule has 2 aromatic rings. The van der Waals surface area contributed by atoms with Crippen LogP contribution in [0.3, 0.4) is 0 Å². The topological polar surface area (TPSA) is 58.9 Å². The number of para-hydroxylation sites is 4. The molecule has 112 valence electrons. The first kappa shape index (κ1) is 15.0. The second kappa shape index (κ2) is 6.39. The molecule has 0 saturated heterocycles. The van der Waals surface area contributed by atoms with Gasteiger partial charge in [-0.1, -0.05) is 38.1 Å². The largest absolute Gasteiger partial charge is 0.504 e. The van der Waals surface area contributed by atoms with Crippen LogP contribution in [0.4, 0.5) is 0 Å². The van der Waals surface area contributed by atoms with Crippen molar-refractivity contribution in [2.75, 3.05) is 0 Å². The van der Waals surface area contributed by atoms with Crippen molar-refractivity contribution >= 4 is 0 Å². The molecule has 4 heteroatoms. The molecule has 0 unspecified atom stereocenters. The van der Waals surface area contributed by atoms with Gasteiger partial charge in [0.1, 0.15) is 0 Å². The summed E-state index contributed by atoms with van der Waals surface area (Å²) in [5, 5.41) is 19.7. The third-order valence-electron chi connectivity index (χ3n) is 3.40. The Hall–Kier alpha value is -2.36. The smallest absolute Gasteiger partial charge is 0.251 e. The van der Waals surface area contributed by atoms with E-state index in [9.17, 15) is 10.2 Å². The molecule has 2 rings (SSSR count). The molecule has 0 aliphatic carbocycles. The SMILES string of the molecule is CCC(CC)(Oc1ccccc1O)Oc1ccccc1O. The number of aromatic hydroxyl groups is 2. The van der Waals surface area contributed by atoms with Crippen molar-refractivity contribution in [2.24, 2.45) is 0 Å². The van der Waals surface area contributed by atoms with Gasteiger partial charge >= 0.3 is 0 Å². The molecule has 0 bridgehead atoms. The summed E-state index contributed by atoms with van der Waals surface area (Å²) in [7, 11) is 0. The average molecular weight is 288 g/mol. The number of hydrogen-bond acceptors (Lipinski definition) is 4. The Kier molecular flexibility index (Phi) is 4.58. The van der Waals surface area contributed by atoms with Gasteiger partial charge in [-0.05, 0) is 24.3 Å². The quantitative estimate of drug-likeness (QED) is 0.787. The molecule has 0 atom stereocenters. The Morgan fingerprint density at radius 2 is 1.14 bits per heavy atom. The van der Waals surface area contributed by atoms with E-state index in [-0.39, 0.29) is 11.5 Å². The Bertz CT molecular complexity index is 541. The van der Waals surface area contributed by atoms with Gasteiger partial charge in [0, 0.05) is 12.8 Å². The van der Waals surface area contributed by atoms with E-state index >= 15 is 0 Å². The highest BCUT2D eigenvalue weighted by Gasteiger charge is 2.32. The fourth-order valence-electron chi connectivity index (χ4n) is 2.05. The summed E-state index contributed by atoms with van der Waals surface area (Å²) >= 11 is 0. The zero-order valence-corrected chi connectivity index (χ0v) is 12.2. The third kappa shape index (κ3) is 3.40. The van der Waals surface area contributed by atoms with E-state index in [2.05, 4.69) is 0 Å². The Labute approximate surface area is 124 Å². The van der Waals surface area contributed by atoms with Gasteiger partial charge in [0.15, 0.2) is 23.0 Å². The number of rotatable bonds is 6. The van der Waals surface area contributed by atoms with Crippen LogP contribution >= 0.6 is 0 Å². The molecule has 0 radical (unpaired) electrons. The lowest BCUT2D eigenvalue weighted by atomic mass is 10.1. The summed E-state index contributed by atoms with van der Waals surface area (Å²) in [6.45, 7) is 3.87. The molecule has 0 saturated carbocycles. The van der Waals surface area contributed by atoms with Crippen LogP contribution in [0.1, 0.15) is 26.7 Å². The normalized spacial score (nSPS) is 11.1. The van der Waals surface area contributed by atoms with E-state index in [1.165, 1.54) is 0 Å². The van der Waals surface area contributed by atoms with Crippen molar-refractivity contribution in [3.05, 3.63) is 48.5 Å². The van der Waals surface area contributed by atoms with Crippen LogP contribution in [-0.2, 0) is 0 Å². The van der Waals surface area contributed by atoms with E-state index < -0.39 is 5.79 Å². The van der Waals surface area contributed by atoms with Crippen molar-refractivity contribution < 1.29 is 19.7 Å². The minimum atomic E-state index is -0.947. The lowest BCUT2D eigenvalue weighted by Crippen LogP contribution is -2.41. The monoisotopic (exact) mass is 288 g/mol. The van der Waals surface area contributed by atoms with Gasteiger partial charge in [-0.3, -0.25) is 0 Å². The van der Waals surface area contributed by atoms with Crippen LogP contribution in [-0.4, -0.2) is 16.0 Å². The third-order valence-corrected chi connectivity index (χ3v) is 3.40. The molecule has 21 heavy (non-hydrogen) atoms. The molecule has 0 heterocycles. The van der Waals surface area contributed by atoms with Gasteiger partial charge in [-0.25, -0.2) is 0 Å². The summed E-state index contributed by atoms with van der Waals surface area (Å²) < 4.78 is 11.8. The van der Waals surface area contributed by atoms with Gasteiger partial charge in [0.2, 0.25) is 0 Å². The van der Waals surface area contributed by atoms with Crippen molar-refractivity contribution in [3.8, 4) is 23.0 Å². The van der Waals surface area contributed by atoms with Crippen LogP contribution in [0.25, 0.3) is 0 Å². The number of phenols is 2. The molecule has 0 fully saturated rings. The minimum absolute atomic E-state index is 0.0599. The molecule has 0 spiro atoms. The first-order valence-corrected chi connectivity index (χ1v) is 7.04. The van der Waals surface area contributed by atoms with Gasteiger partial charge in [-0.15, -0.1) is 0 Å². The second-order valence-electron chi connectivity index (χ2n) is 4.76. The van der Waals surface area contributed by atoms with Crippen molar-refractivity contribution in [3.63, 3.8) is 0 Å². The lowest BCUT2D eigenvalue weighted by molar-refractivity contribution is -0.120. The minimum Gasteiger partial charge on any atom is -0.504 e. The van der Waals surface area contributed by atoms with Crippen molar-refractivity contribution in [1.29, 1.82) is 0 Å². The van der Waals surface area contributed by atoms with Crippen LogP contribution < -0.4 is 9.47 Å². The van der Waals surface area contributed by atoms with Crippen LogP contribution in [0.5, 0.6) is 23.0 Å². The van der Waals surface area contributed by atoms with Gasteiger partial charge in [0.25, 0.3) is 5.79 Å². The molecular formula is C17H20O4. The number of phenolic OH excluding ortho intramolecular Hbond substituents is 2.